The minimum atomic E-state index is 0.341. The summed E-state index contributed by atoms with van der Waals surface area (Å²) in [6.45, 7) is 8.00. The smallest absolute Gasteiger partial charge is 0.00959 e. The van der Waals surface area contributed by atoms with Crippen molar-refractivity contribution in [3.8, 4) is 0 Å². The second-order valence-electron chi connectivity index (χ2n) is 4.50. The normalized spacial score (nSPS) is 29.1. The lowest BCUT2D eigenvalue weighted by atomic mass is 10.1. The Hall–Kier alpha value is -0.0800. The maximum atomic E-state index is 5.82. The van der Waals surface area contributed by atoms with E-state index in [1.807, 2.05) is 0 Å². The van der Waals surface area contributed by atoms with E-state index >= 15 is 0 Å². The number of nitrogens with zero attached hydrogens (tertiary/aromatic N) is 1. The van der Waals surface area contributed by atoms with Crippen molar-refractivity contribution in [1.82, 2.24) is 4.90 Å². The van der Waals surface area contributed by atoms with E-state index in [2.05, 4.69) is 25.7 Å². The first-order chi connectivity index (χ1) is 6.15. The highest BCUT2D eigenvalue weighted by Gasteiger charge is 2.26. The van der Waals surface area contributed by atoms with Crippen molar-refractivity contribution in [3.63, 3.8) is 0 Å². The van der Waals surface area contributed by atoms with Crippen molar-refractivity contribution < 1.29 is 0 Å². The summed E-state index contributed by atoms with van der Waals surface area (Å²) in [6.07, 6.45) is 5.20. The van der Waals surface area contributed by atoms with Gasteiger partial charge in [0.2, 0.25) is 0 Å². The number of hydrogen-bond acceptors (Lipinski definition) is 2. The summed E-state index contributed by atoms with van der Waals surface area (Å²) in [4.78, 5) is 2.64. The van der Waals surface area contributed by atoms with Gasteiger partial charge >= 0.3 is 0 Å². The molecule has 1 aliphatic heterocycles. The van der Waals surface area contributed by atoms with Gasteiger partial charge < -0.3 is 5.73 Å². The second-order valence-corrected chi connectivity index (χ2v) is 4.50. The van der Waals surface area contributed by atoms with Gasteiger partial charge in [0.15, 0.2) is 0 Å². The average Bonchev–Trinajstić information content (AvgIpc) is 2.49. The van der Waals surface area contributed by atoms with Gasteiger partial charge in [0.1, 0.15) is 0 Å². The van der Waals surface area contributed by atoms with Crippen molar-refractivity contribution in [1.29, 1.82) is 0 Å². The van der Waals surface area contributed by atoms with E-state index in [-0.39, 0.29) is 0 Å². The predicted molar refractivity (Wildman–Crippen MR) is 57.7 cm³/mol. The van der Waals surface area contributed by atoms with Crippen LogP contribution in [0.1, 0.15) is 46.5 Å². The van der Waals surface area contributed by atoms with E-state index < -0.39 is 0 Å². The van der Waals surface area contributed by atoms with Gasteiger partial charge in [-0.1, -0.05) is 6.92 Å². The number of nitrogens with two attached hydrogens (primary N) is 1. The monoisotopic (exact) mass is 184 g/mol. The van der Waals surface area contributed by atoms with Crippen LogP contribution < -0.4 is 5.73 Å². The molecule has 0 aliphatic carbocycles. The molecule has 3 unspecified atom stereocenters. The average molecular weight is 184 g/mol. The topological polar surface area (TPSA) is 29.3 Å². The molecule has 0 aromatic heterocycles. The van der Waals surface area contributed by atoms with Gasteiger partial charge in [-0.15, -0.1) is 0 Å². The van der Waals surface area contributed by atoms with E-state index in [4.69, 9.17) is 5.73 Å². The van der Waals surface area contributed by atoms with Crippen LogP contribution in [-0.4, -0.2) is 29.6 Å². The number of likely N-dealkylation sites (tertiary alicyclic amines) is 1. The van der Waals surface area contributed by atoms with Crippen LogP contribution in [0.15, 0.2) is 0 Å². The molecule has 2 nitrogen and oxygen atoms in total. The molecule has 0 radical (unpaired) electrons. The molecule has 0 spiro atoms. The number of hydrogen-bond donors (Lipinski definition) is 1. The van der Waals surface area contributed by atoms with Crippen LogP contribution in [-0.2, 0) is 0 Å². The highest BCUT2D eigenvalue weighted by Crippen LogP contribution is 2.23. The molecule has 0 saturated carbocycles. The Morgan fingerprint density at radius 3 is 2.69 bits per heavy atom. The van der Waals surface area contributed by atoms with Crippen LogP contribution >= 0.6 is 0 Å². The molecule has 13 heavy (non-hydrogen) atoms. The Morgan fingerprint density at radius 1 is 1.46 bits per heavy atom. The van der Waals surface area contributed by atoms with E-state index in [9.17, 15) is 0 Å². The number of rotatable bonds is 4. The summed E-state index contributed by atoms with van der Waals surface area (Å²) in [5.41, 5.74) is 5.82. The van der Waals surface area contributed by atoms with E-state index in [0.717, 1.165) is 12.5 Å². The minimum absolute atomic E-state index is 0.341. The summed E-state index contributed by atoms with van der Waals surface area (Å²) < 4.78 is 0. The molecule has 2 heteroatoms. The van der Waals surface area contributed by atoms with Crippen LogP contribution in [0.3, 0.4) is 0 Å². The first kappa shape index (κ1) is 11.0. The van der Waals surface area contributed by atoms with Crippen LogP contribution in [0.5, 0.6) is 0 Å². The van der Waals surface area contributed by atoms with E-state index in [0.29, 0.717) is 12.1 Å². The first-order valence-electron chi connectivity index (χ1n) is 5.66. The van der Waals surface area contributed by atoms with Crippen molar-refractivity contribution >= 4 is 0 Å². The zero-order chi connectivity index (χ0) is 9.84. The highest BCUT2D eigenvalue weighted by molar-refractivity contribution is 4.83. The van der Waals surface area contributed by atoms with Crippen molar-refractivity contribution in [2.45, 2.75) is 64.6 Å². The maximum Gasteiger partial charge on any atom is 0.00959 e. The van der Waals surface area contributed by atoms with Gasteiger partial charge in [-0.05, 0) is 46.1 Å². The lowest BCUT2D eigenvalue weighted by Crippen LogP contribution is -2.39. The molecule has 1 saturated heterocycles. The fourth-order valence-electron chi connectivity index (χ4n) is 2.55. The SMILES string of the molecule is CCC1CCCN1C(C)CC(C)N. The zero-order valence-electron chi connectivity index (χ0n) is 9.29. The molecule has 0 aromatic rings. The summed E-state index contributed by atoms with van der Waals surface area (Å²) >= 11 is 0. The van der Waals surface area contributed by atoms with E-state index in [1.54, 1.807) is 0 Å². The Morgan fingerprint density at radius 2 is 2.15 bits per heavy atom. The van der Waals surface area contributed by atoms with Gasteiger partial charge in [0.05, 0.1) is 0 Å². The lowest BCUT2D eigenvalue weighted by Gasteiger charge is -2.31. The molecule has 78 valence electrons. The standard InChI is InChI=1S/C11H24N2/c1-4-11-6-5-7-13(11)10(3)8-9(2)12/h9-11H,4-8,12H2,1-3H3. The Kier molecular flexibility index (Phi) is 4.20. The molecule has 0 bridgehead atoms. The molecule has 2 N–H and O–H groups in total. The third-order valence-corrected chi connectivity index (χ3v) is 3.17. The Balaban J connectivity index is 2.40. The third-order valence-electron chi connectivity index (χ3n) is 3.17. The quantitative estimate of drug-likeness (QED) is 0.724. The first-order valence-corrected chi connectivity index (χ1v) is 5.66. The molecule has 1 heterocycles. The predicted octanol–water partition coefficient (Wildman–Crippen LogP) is 1.99. The van der Waals surface area contributed by atoms with Gasteiger partial charge in [0, 0.05) is 18.1 Å². The van der Waals surface area contributed by atoms with Crippen LogP contribution in [0, 0.1) is 0 Å². The molecule has 1 aliphatic rings. The molecule has 1 rings (SSSR count). The maximum absolute atomic E-state index is 5.82. The second kappa shape index (κ2) is 4.97. The third kappa shape index (κ3) is 2.96. The molecular formula is C11H24N2. The summed E-state index contributed by atoms with van der Waals surface area (Å²) in [5.74, 6) is 0. The molecule has 3 atom stereocenters. The van der Waals surface area contributed by atoms with Crippen molar-refractivity contribution in [2.75, 3.05) is 6.54 Å². The minimum Gasteiger partial charge on any atom is -0.328 e. The van der Waals surface area contributed by atoms with Crippen molar-refractivity contribution in [2.24, 2.45) is 5.73 Å². The fourth-order valence-corrected chi connectivity index (χ4v) is 2.55. The lowest BCUT2D eigenvalue weighted by molar-refractivity contribution is 0.174. The summed E-state index contributed by atoms with van der Waals surface area (Å²) in [7, 11) is 0. The zero-order valence-corrected chi connectivity index (χ0v) is 9.29. The molecular weight excluding hydrogens is 160 g/mol. The molecule has 0 aromatic carbocycles. The Bertz CT molecular complexity index is 145. The summed E-state index contributed by atoms with van der Waals surface area (Å²) in [5, 5.41) is 0. The highest BCUT2D eigenvalue weighted by atomic mass is 15.2. The Labute approximate surface area is 82.5 Å². The van der Waals surface area contributed by atoms with Gasteiger partial charge in [-0.2, -0.15) is 0 Å². The largest absolute Gasteiger partial charge is 0.328 e. The van der Waals surface area contributed by atoms with Crippen LogP contribution in [0.25, 0.3) is 0 Å². The van der Waals surface area contributed by atoms with Crippen LogP contribution in [0.4, 0.5) is 0 Å². The summed E-state index contributed by atoms with van der Waals surface area (Å²) in [6, 6.07) is 1.84. The van der Waals surface area contributed by atoms with Gasteiger partial charge in [0.25, 0.3) is 0 Å². The van der Waals surface area contributed by atoms with Gasteiger partial charge in [-0.25, -0.2) is 0 Å². The molecule has 0 amide bonds. The molecule has 1 fully saturated rings. The van der Waals surface area contributed by atoms with E-state index in [1.165, 1.54) is 25.8 Å². The van der Waals surface area contributed by atoms with Crippen LogP contribution in [0.2, 0.25) is 0 Å². The fraction of sp³-hybridized carbons (Fsp3) is 1.00. The van der Waals surface area contributed by atoms with Gasteiger partial charge in [-0.3, -0.25) is 4.90 Å². The van der Waals surface area contributed by atoms with Crippen molar-refractivity contribution in [3.05, 3.63) is 0 Å².